The Labute approximate surface area is 103 Å². The molecule has 0 unspecified atom stereocenters. The molecule has 0 aliphatic heterocycles. The van der Waals surface area contributed by atoms with Gasteiger partial charge in [-0.2, -0.15) is 0 Å². The SMILES string of the molecule is CCCCc1c([O])cccc1-c1ccccc1. The zero-order valence-electron chi connectivity index (χ0n) is 10.1. The van der Waals surface area contributed by atoms with Gasteiger partial charge in [0.05, 0.1) is 0 Å². The second-order valence-electron chi connectivity index (χ2n) is 4.25. The highest BCUT2D eigenvalue weighted by Gasteiger charge is 2.09. The fraction of sp³-hybridized carbons (Fsp3) is 0.250. The zero-order chi connectivity index (χ0) is 12.1. The molecule has 0 heterocycles. The Morgan fingerprint density at radius 3 is 2.41 bits per heavy atom. The van der Waals surface area contributed by atoms with E-state index in [1.165, 1.54) is 0 Å². The van der Waals surface area contributed by atoms with Crippen molar-refractivity contribution < 1.29 is 5.11 Å². The van der Waals surface area contributed by atoms with E-state index in [-0.39, 0.29) is 5.75 Å². The van der Waals surface area contributed by atoms with Gasteiger partial charge in [-0.3, -0.25) is 5.11 Å². The van der Waals surface area contributed by atoms with E-state index in [9.17, 15) is 5.11 Å². The first-order chi connectivity index (χ1) is 8.33. The van der Waals surface area contributed by atoms with Gasteiger partial charge in [0.1, 0.15) is 0 Å². The van der Waals surface area contributed by atoms with Gasteiger partial charge in [-0.05, 0) is 30.0 Å². The summed E-state index contributed by atoms with van der Waals surface area (Å²) in [6, 6.07) is 15.7. The second-order valence-corrected chi connectivity index (χ2v) is 4.25. The average molecular weight is 225 g/mol. The summed E-state index contributed by atoms with van der Waals surface area (Å²) in [5.74, 6) is 0.166. The molecule has 0 aliphatic rings. The summed E-state index contributed by atoms with van der Waals surface area (Å²) in [4.78, 5) is 0. The summed E-state index contributed by atoms with van der Waals surface area (Å²) >= 11 is 0. The van der Waals surface area contributed by atoms with Crippen molar-refractivity contribution in [3.63, 3.8) is 0 Å². The number of benzene rings is 2. The number of hydrogen-bond acceptors (Lipinski definition) is 0. The molecule has 87 valence electrons. The molecule has 0 amide bonds. The molecule has 0 atom stereocenters. The van der Waals surface area contributed by atoms with Gasteiger partial charge in [-0.1, -0.05) is 55.8 Å². The molecule has 0 fully saturated rings. The topological polar surface area (TPSA) is 19.9 Å². The van der Waals surface area contributed by atoms with E-state index in [2.05, 4.69) is 19.1 Å². The first kappa shape index (κ1) is 11.7. The third-order valence-corrected chi connectivity index (χ3v) is 3.00. The Hall–Kier alpha value is -1.76. The zero-order valence-corrected chi connectivity index (χ0v) is 10.1. The van der Waals surface area contributed by atoms with Gasteiger partial charge >= 0.3 is 0 Å². The molecule has 0 saturated heterocycles. The first-order valence-electron chi connectivity index (χ1n) is 6.17. The van der Waals surface area contributed by atoms with Crippen molar-refractivity contribution in [2.75, 3.05) is 0 Å². The van der Waals surface area contributed by atoms with Crippen LogP contribution in [0.25, 0.3) is 11.1 Å². The van der Waals surface area contributed by atoms with Crippen LogP contribution in [0, 0.1) is 0 Å². The van der Waals surface area contributed by atoms with Crippen LogP contribution in [0.3, 0.4) is 0 Å². The summed E-state index contributed by atoms with van der Waals surface area (Å²) in [6.45, 7) is 2.15. The smallest absolute Gasteiger partial charge is 0.182 e. The molecule has 0 saturated carbocycles. The molecule has 1 heteroatoms. The van der Waals surface area contributed by atoms with E-state index in [1.807, 2.05) is 30.3 Å². The molecule has 0 aromatic heterocycles. The minimum atomic E-state index is 0.166. The van der Waals surface area contributed by atoms with Crippen LogP contribution in [0.5, 0.6) is 5.75 Å². The lowest BCUT2D eigenvalue weighted by Crippen LogP contribution is -1.90. The Morgan fingerprint density at radius 2 is 1.71 bits per heavy atom. The highest BCUT2D eigenvalue weighted by Crippen LogP contribution is 2.31. The van der Waals surface area contributed by atoms with Crippen molar-refractivity contribution in [3.05, 3.63) is 54.1 Å². The van der Waals surface area contributed by atoms with Crippen LogP contribution in [0.4, 0.5) is 0 Å². The Bertz CT molecular complexity index is 474. The lowest BCUT2D eigenvalue weighted by atomic mass is 9.95. The summed E-state index contributed by atoms with van der Waals surface area (Å²) in [7, 11) is 0. The van der Waals surface area contributed by atoms with Crippen LogP contribution in [0.2, 0.25) is 0 Å². The minimum absolute atomic E-state index is 0.166. The second kappa shape index (κ2) is 5.53. The maximum atomic E-state index is 11.9. The Balaban J connectivity index is 2.43. The van der Waals surface area contributed by atoms with Crippen LogP contribution in [-0.2, 0) is 11.5 Å². The molecule has 0 spiro atoms. The largest absolute Gasteiger partial charge is 0.290 e. The van der Waals surface area contributed by atoms with E-state index in [0.29, 0.717) is 0 Å². The van der Waals surface area contributed by atoms with Crippen molar-refractivity contribution in [1.29, 1.82) is 0 Å². The number of hydrogen-bond donors (Lipinski definition) is 0. The standard InChI is InChI=1S/C16H17O/c1-2-3-10-15-14(11-7-12-16(15)17)13-8-5-4-6-9-13/h4-9,11-12H,2-3,10H2,1H3. The van der Waals surface area contributed by atoms with Crippen molar-refractivity contribution in [2.24, 2.45) is 0 Å². The molecule has 2 aromatic carbocycles. The van der Waals surface area contributed by atoms with Crippen LogP contribution < -0.4 is 0 Å². The normalized spacial score (nSPS) is 10.4. The van der Waals surface area contributed by atoms with E-state index < -0.39 is 0 Å². The van der Waals surface area contributed by atoms with Crippen LogP contribution >= 0.6 is 0 Å². The van der Waals surface area contributed by atoms with Crippen molar-refractivity contribution >= 4 is 0 Å². The Kier molecular flexibility index (Phi) is 3.81. The van der Waals surface area contributed by atoms with E-state index >= 15 is 0 Å². The number of rotatable bonds is 4. The van der Waals surface area contributed by atoms with E-state index in [4.69, 9.17) is 0 Å². The lowest BCUT2D eigenvalue weighted by molar-refractivity contribution is 0.349. The monoisotopic (exact) mass is 225 g/mol. The van der Waals surface area contributed by atoms with Crippen molar-refractivity contribution in [2.45, 2.75) is 26.2 Å². The molecule has 0 bridgehead atoms. The fourth-order valence-electron chi connectivity index (χ4n) is 2.07. The maximum Gasteiger partial charge on any atom is 0.182 e. The molecule has 2 aromatic rings. The van der Waals surface area contributed by atoms with E-state index in [0.717, 1.165) is 36.0 Å². The van der Waals surface area contributed by atoms with Gasteiger partial charge in [-0.25, -0.2) is 0 Å². The summed E-state index contributed by atoms with van der Waals surface area (Å²) < 4.78 is 0. The third-order valence-electron chi connectivity index (χ3n) is 3.00. The molecular formula is C16H17O. The molecule has 17 heavy (non-hydrogen) atoms. The van der Waals surface area contributed by atoms with Crippen LogP contribution in [0.15, 0.2) is 48.5 Å². The predicted molar refractivity (Wildman–Crippen MR) is 70.6 cm³/mol. The summed E-state index contributed by atoms with van der Waals surface area (Å²) in [6.07, 6.45) is 3.06. The highest BCUT2D eigenvalue weighted by molar-refractivity contribution is 5.69. The summed E-state index contributed by atoms with van der Waals surface area (Å²) in [5, 5.41) is 11.9. The highest BCUT2D eigenvalue weighted by atomic mass is 16.3. The fourth-order valence-corrected chi connectivity index (χ4v) is 2.07. The number of unbranched alkanes of at least 4 members (excludes halogenated alkanes) is 1. The van der Waals surface area contributed by atoms with Crippen molar-refractivity contribution in [3.8, 4) is 16.9 Å². The maximum absolute atomic E-state index is 11.9. The average Bonchev–Trinajstić information content (AvgIpc) is 2.38. The summed E-state index contributed by atoms with van der Waals surface area (Å²) in [5.41, 5.74) is 3.18. The van der Waals surface area contributed by atoms with Gasteiger partial charge in [0, 0.05) is 5.56 Å². The first-order valence-corrected chi connectivity index (χ1v) is 6.17. The molecule has 0 aliphatic carbocycles. The lowest BCUT2D eigenvalue weighted by Gasteiger charge is -2.09. The van der Waals surface area contributed by atoms with Gasteiger partial charge in [0.2, 0.25) is 0 Å². The molecule has 0 N–H and O–H groups in total. The quantitative estimate of drug-likeness (QED) is 0.709. The van der Waals surface area contributed by atoms with Gasteiger partial charge in [-0.15, -0.1) is 0 Å². The van der Waals surface area contributed by atoms with E-state index in [1.54, 1.807) is 6.07 Å². The van der Waals surface area contributed by atoms with Crippen molar-refractivity contribution in [1.82, 2.24) is 0 Å². The molecular weight excluding hydrogens is 208 g/mol. The molecule has 1 nitrogen and oxygen atoms in total. The Morgan fingerprint density at radius 1 is 0.941 bits per heavy atom. The minimum Gasteiger partial charge on any atom is -0.290 e. The molecule has 1 radical (unpaired) electrons. The van der Waals surface area contributed by atoms with Crippen LogP contribution in [-0.4, -0.2) is 0 Å². The molecule has 2 rings (SSSR count). The van der Waals surface area contributed by atoms with Gasteiger partial charge < -0.3 is 0 Å². The van der Waals surface area contributed by atoms with Gasteiger partial charge in [0.25, 0.3) is 0 Å². The van der Waals surface area contributed by atoms with Gasteiger partial charge in [0.15, 0.2) is 5.75 Å². The predicted octanol–water partition coefficient (Wildman–Crippen LogP) is 4.84. The van der Waals surface area contributed by atoms with Crippen LogP contribution in [0.1, 0.15) is 25.3 Å². The third kappa shape index (κ3) is 2.68.